The molecule has 0 aliphatic heterocycles. The average Bonchev–Trinajstić information content (AvgIpc) is 3.07. The van der Waals surface area contributed by atoms with Crippen molar-refractivity contribution in [3.8, 4) is 22.8 Å². The molecular weight excluding hydrogens is 268 g/mol. The smallest absolute Gasteiger partial charge is 0.173 e. The molecule has 0 aliphatic carbocycles. The van der Waals surface area contributed by atoms with Gasteiger partial charge < -0.3 is 4.74 Å². The minimum atomic E-state index is 0.161. The van der Waals surface area contributed by atoms with Crippen molar-refractivity contribution in [3.05, 3.63) is 36.7 Å². The van der Waals surface area contributed by atoms with Crippen molar-refractivity contribution in [2.24, 2.45) is 7.05 Å². The molecule has 0 N–H and O–H groups in total. The molecule has 0 saturated heterocycles. The van der Waals surface area contributed by atoms with Crippen LogP contribution in [0.15, 0.2) is 36.7 Å². The van der Waals surface area contributed by atoms with E-state index in [2.05, 4.69) is 20.6 Å². The van der Waals surface area contributed by atoms with Crippen molar-refractivity contribution in [1.29, 1.82) is 0 Å². The number of nitrogens with zero attached hydrogens (tertiary/aromatic N) is 6. The lowest BCUT2D eigenvalue weighted by atomic mass is 10.1. The van der Waals surface area contributed by atoms with Gasteiger partial charge in [-0.05, 0) is 38.1 Å². The minimum Gasteiger partial charge on any atom is -0.491 e. The first kappa shape index (κ1) is 13.3. The molecule has 3 aromatic rings. The van der Waals surface area contributed by atoms with E-state index in [0.717, 1.165) is 22.8 Å². The Morgan fingerprint density at radius 1 is 1.10 bits per heavy atom. The number of benzene rings is 1. The number of ether oxygens (including phenoxy) is 1. The van der Waals surface area contributed by atoms with Crippen molar-refractivity contribution in [2.45, 2.75) is 20.0 Å². The fourth-order valence-corrected chi connectivity index (χ4v) is 1.98. The minimum absolute atomic E-state index is 0.161. The van der Waals surface area contributed by atoms with Crippen molar-refractivity contribution in [3.63, 3.8) is 0 Å². The molecule has 0 atom stereocenters. The van der Waals surface area contributed by atoms with E-state index in [9.17, 15) is 0 Å². The number of hydrogen-bond donors (Lipinski definition) is 0. The van der Waals surface area contributed by atoms with E-state index in [0.29, 0.717) is 0 Å². The third-order valence-electron chi connectivity index (χ3n) is 2.94. The van der Waals surface area contributed by atoms with E-state index in [-0.39, 0.29) is 6.10 Å². The Hall–Kier alpha value is -2.70. The van der Waals surface area contributed by atoms with Crippen LogP contribution in [0.4, 0.5) is 0 Å². The summed E-state index contributed by atoms with van der Waals surface area (Å²) in [6.45, 7) is 4.00. The van der Waals surface area contributed by atoms with Gasteiger partial charge in [0.1, 0.15) is 11.4 Å². The van der Waals surface area contributed by atoms with E-state index in [1.807, 2.05) is 51.4 Å². The van der Waals surface area contributed by atoms with Crippen LogP contribution in [-0.4, -0.2) is 36.1 Å². The first-order valence-electron chi connectivity index (χ1n) is 6.68. The molecule has 1 aromatic carbocycles. The molecule has 0 bridgehead atoms. The number of hydrogen-bond acceptors (Lipinski definition) is 5. The van der Waals surface area contributed by atoms with Crippen LogP contribution in [-0.2, 0) is 7.05 Å². The van der Waals surface area contributed by atoms with Crippen LogP contribution >= 0.6 is 0 Å². The second-order valence-corrected chi connectivity index (χ2v) is 4.96. The molecule has 2 aromatic heterocycles. The summed E-state index contributed by atoms with van der Waals surface area (Å²) >= 11 is 0. The summed E-state index contributed by atoms with van der Waals surface area (Å²) in [5.41, 5.74) is 1.76. The van der Waals surface area contributed by atoms with Gasteiger partial charge in [0.15, 0.2) is 5.82 Å². The fraction of sp³-hybridized carbons (Fsp3) is 0.286. The lowest BCUT2D eigenvalue weighted by molar-refractivity contribution is 0.242. The van der Waals surface area contributed by atoms with Gasteiger partial charge in [-0.3, -0.25) is 0 Å². The molecule has 7 nitrogen and oxygen atoms in total. The third kappa shape index (κ3) is 2.76. The van der Waals surface area contributed by atoms with Gasteiger partial charge in [0, 0.05) is 12.6 Å². The summed E-state index contributed by atoms with van der Waals surface area (Å²) in [4.78, 5) is 0. The normalized spacial score (nSPS) is 11.0. The van der Waals surface area contributed by atoms with Crippen LogP contribution in [0.5, 0.6) is 5.75 Å². The maximum absolute atomic E-state index is 5.62. The molecule has 0 spiro atoms. The highest BCUT2D eigenvalue weighted by Crippen LogP contribution is 2.21. The van der Waals surface area contributed by atoms with Crippen LogP contribution < -0.4 is 4.74 Å². The summed E-state index contributed by atoms with van der Waals surface area (Å²) in [7, 11) is 1.81. The monoisotopic (exact) mass is 284 g/mol. The first-order chi connectivity index (χ1) is 10.1. The maximum Gasteiger partial charge on any atom is 0.173 e. The molecule has 21 heavy (non-hydrogen) atoms. The number of aromatic nitrogens is 6. The van der Waals surface area contributed by atoms with Gasteiger partial charge in [0.2, 0.25) is 0 Å². The van der Waals surface area contributed by atoms with E-state index >= 15 is 0 Å². The fourth-order valence-electron chi connectivity index (χ4n) is 1.98. The molecule has 2 heterocycles. The Balaban J connectivity index is 1.85. The van der Waals surface area contributed by atoms with Gasteiger partial charge >= 0.3 is 0 Å². The lowest BCUT2D eigenvalue weighted by Gasteiger charge is -2.09. The zero-order chi connectivity index (χ0) is 14.8. The second kappa shape index (κ2) is 5.35. The Morgan fingerprint density at radius 3 is 2.48 bits per heavy atom. The highest BCUT2D eigenvalue weighted by Gasteiger charge is 2.08. The van der Waals surface area contributed by atoms with E-state index < -0.39 is 0 Å². The van der Waals surface area contributed by atoms with E-state index in [1.165, 1.54) is 0 Å². The Bertz CT molecular complexity index is 728. The largest absolute Gasteiger partial charge is 0.491 e. The lowest BCUT2D eigenvalue weighted by Crippen LogP contribution is -2.05. The standard InChI is InChI=1S/C14H16N6O/c1-10(2)21-12-6-4-11(5-7-12)13-9-20(18-16-13)14-8-15-17-19(14)3/h4-10H,1-3H3. The molecule has 0 amide bonds. The zero-order valence-corrected chi connectivity index (χ0v) is 12.1. The second-order valence-electron chi connectivity index (χ2n) is 4.96. The number of aryl methyl sites for hydroxylation is 1. The van der Waals surface area contributed by atoms with Crippen molar-refractivity contribution in [2.75, 3.05) is 0 Å². The van der Waals surface area contributed by atoms with Crippen LogP contribution in [0.3, 0.4) is 0 Å². The van der Waals surface area contributed by atoms with Crippen LogP contribution in [0.25, 0.3) is 17.1 Å². The summed E-state index contributed by atoms with van der Waals surface area (Å²) in [5, 5.41) is 16.0. The molecular formula is C14H16N6O. The molecule has 7 heteroatoms. The van der Waals surface area contributed by atoms with Crippen LogP contribution in [0.1, 0.15) is 13.8 Å². The highest BCUT2D eigenvalue weighted by molar-refractivity contribution is 5.59. The average molecular weight is 284 g/mol. The summed E-state index contributed by atoms with van der Waals surface area (Å²) in [6.07, 6.45) is 3.64. The summed E-state index contributed by atoms with van der Waals surface area (Å²) in [6, 6.07) is 7.79. The first-order valence-corrected chi connectivity index (χ1v) is 6.68. The quantitative estimate of drug-likeness (QED) is 0.731. The predicted molar refractivity (Wildman–Crippen MR) is 77.1 cm³/mol. The van der Waals surface area contributed by atoms with Gasteiger partial charge in [-0.25, -0.2) is 9.36 Å². The van der Waals surface area contributed by atoms with Crippen molar-refractivity contribution < 1.29 is 4.74 Å². The SMILES string of the molecule is CC(C)Oc1ccc(-c2cn(-c3cnnn3C)nn2)cc1. The summed E-state index contributed by atoms with van der Waals surface area (Å²) < 4.78 is 8.91. The third-order valence-corrected chi connectivity index (χ3v) is 2.94. The maximum atomic E-state index is 5.62. The zero-order valence-electron chi connectivity index (χ0n) is 12.1. The Labute approximate surface area is 122 Å². The van der Waals surface area contributed by atoms with Crippen LogP contribution in [0, 0.1) is 0 Å². The van der Waals surface area contributed by atoms with Gasteiger partial charge in [-0.2, -0.15) is 0 Å². The highest BCUT2D eigenvalue weighted by atomic mass is 16.5. The molecule has 0 saturated carbocycles. The van der Waals surface area contributed by atoms with Crippen LogP contribution in [0.2, 0.25) is 0 Å². The topological polar surface area (TPSA) is 70.7 Å². The Morgan fingerprint density at radius 2 is 1.86 bits per heavy atom. The van der Waals surface area contributed by atoms with Gasteiger partial charge in [-0.1, -0.05) is 10.4 Å². The number of rotatable bonds is 4. The van der Waals surface area contributed by atoms with E-state index in [1.54, 1.807) is 15.6 Å². The molecule has 0 fully saturated rings. The predicted octanol–water partition coefficient (Wildman–Crippen LogP) is 1.85. The van der Waals surface area contributed by atoms with Crippen molar-refractivity contribution in [1.82, 2.24) is 30.0 Å². The Kier molecular flexibility index (Phi) is 3.39. The molecule has 3 rings (SSSR count). The molecule has 0 aliphatic rings. The van der Waals surface area contributed by atoms with Crippen molar-refractivity contribution >= 4 is 0 Å². The van der Waals surface area contributed by atoms with Gasteiger partial charge in [0.25, 0.3) is 0 Å². The van der Waals surface area contributed by atoms with E-state index in [4.69, 9.17) is 4.74 Å². The van der Waals surface area contributed by atoms with Gasteiger partial charge in [0.05, 0.1) is 18.5 Å². The summed E-state index contributed by atoms with van der Waals surface area (Å²) in [5.74, 6) is 1.60. The molecule has 0 radical (unpaired) electrons. The van der Waals surface area contributed by atoms with Gasteiger partial charge in [-0.15, -0.1) is 10.2 Å². The molecule has 108 valence electrons. The molecule has 0 unspecified atom stereocenters.